The number of aromatic nitrogens is 1. The summed E-state index contributed by atoms with van der Waals surface area (Å²) in [6.45, 7) is 0. The van der Waals surface area contributed by atoms with Crippen molar-refractivity contribution < 1.29 is 4.57 Å². The molecule has 0 atom stereocenters. The molecule has 0 amide bonds. The first kappa shape index (κ1) is 19.0. The summed E-state index contributed by atoms with van der Waals surface area (Å²) in [5, 5.41) is 6.74. The van der Waals surface area contributed by atoms with Crippen LogP contribution in [-0.4, -0.2) is 4.98 Å². The molecule has 0 spiro atoms. The Kier molecular flexibility index (Phi) is 4.41. The summed E-state index contributed by atoms with van der Waals surface area (Å²) in [6.07, 6.45) is 0. The number of hydrogen-bond donors (Lipinski definition) is 0. The lowest BCUT2D eigenvalue weighted by molar-refractivity contribution is 0.592. The van der Waals surface area contributed by atoms with Crippen LogP contribution in [0.1, 0.15) is 0 Å². The van der Waals surface area contributed by atoms with Crippen LogP contribution in [0.25, 0.3) is 32.6 Å². The number of pyridine rings is 1. The van der Waals surface area contributed by atoms with Crippen LogP contribution in [0, 0.1) is 0 Å². The Bertz CT molecular complexity index is 1600. The molecule has 3 heteroatoms. The van der Waals surface area contributed by atoms with Crippen molar-refractivity contribution in [3.05, 3.63) is 121 Å². The maximum atomic E-state index is 15.0. The van der Waals surface area contributed by atoms with E-state index >= 15 is 0 Å². The minimum Gasteiger partial charge on any atom is -0.309 e. The molecule has 0 aliphatic carbocycles. The monoisotopic (exact) mass is 429 g/mol. The van der Waals surface area contributed by atoms with E-state index in [9.17, 15) is 4.57 Å². The zero-order chi connectivity index (χ0) is 21.5. The van der Waals surface area contributed by atoms with Crippen molar-refractivity contribution in [1.82, 2.24) is 4.98 Å². The molecular weight excluding hydrogens is 409 g/mol. The second-order valence-electron chi connectivity index (χ2n) is 7.97. The van der Waals surface area contributed by atoms with Crippen molar-refractivity contribution in [3.8, 4) is 0 Å². The van der Waals surface area contributed by atoms with E-state index in [4.69, 9.17) is 4.98 Å². The van der Waals surface area contributed by atoms with Gasteiger partial charge in [0.05, 0.1) is 11.0 Å². The number of benzene rings is 5. The van der Waals surface area contributed by atoms with Crippen LogP contribution >= 0.6 is 7.14 Å². The van der Waals surface area contributed by atoms with Gasteiger partial charge in [0, 0.05) is 32.1 Å². The molecule has 1 aromatic heterocycles. The standard InChI is InChI=1S/C29H20NOP/c31-32(23-11-3-1-4-12-23,24-13-5-2-6-14-24)28-17-9-15-26-25(28)19-18-22-20-21-10-7-8-16-27(21)30-29(22)26/h1-20H. The predicted octanol–water partition coefficient (Wildman–Crippen LogP) is 6.18. The molecule has 6 aromatic rings. The fourth-order valence-corrected chi connectivity index (χ4v) is 7.43. The van der Waals surface area contributed by atoms with Crippen molar-refractivity contribution in [1.29, 1.82) is 0 Å². The Hall–Kier alpha value is -3.74. The van der Waals surface area contributed by atoms with Gasteiger partial charge < -0.3 is 4.57 Å². The Morgan fingerprint density at radius 1 is 0.531 bits per heavy atom. The third kappa shape index (κ3) is 2.88. The SMILES string of the molecule is O=P(c1ccccc1)(c1ccccc1)c1cccc2c1ccc1cc3ccccc3nc12. The van der Waals surface area contributed by atoms with Crippen LogP contribution < -0.4 is 15.9 Å². The molecule has 1 heterocycles. The summed E-state index contributed by atoms with van der Waals surface area (Å²) in [6, 6.07) is 40.3. The van der Waals surface area contributed by atoms with Crippen LogP contribution in [0.4, 0.5) is 0 Å². The van der Waals surface area contributed by atoms with E-state index in [0.717, 1.165) is 48.5 Å². The van der Waals surface area contributed by atoms with E-state index in [2.05, 4.69) is 30.3 Å². The molecule has 0 radical (unpaired) electrons. The zero-order valence-corrected chi connectivity index (χ0v) is 18.2. The summed E-state index contributed by atoms with van der Waals surface area (Å²) in [4.78, 5) is 4.98. The van der Waals surface area contributed by atoms with E-state index in [1.807, 2.05) is 91.0 Å². The highest BCUT2D eigenvalue weighted by Crippen LogP contribution is 2.44. The fourth-order valence-electron chi connectivity index (χ4n) is 4.56. The van der Waals surface area contributed by atoms with Gasteiger partial charge in [0.2, 0.25) is 0 Å². The van der Waals surface area contributed by atoms with Gasteiger partial charge in [-0.05, 0) is 17.5 Å². The minimum absolute atomic E-state index is 0.838. The summed E-state index contributed by atoms with van der Waals surface area (Å²) in [7, 11) is -3.08. The number of nitrogens with zero attached hydrogens (tertiary/aromatic N) is 1. The fraction of sp³-hybridized carbons (Fsp3) is 0. The third-order valence-corrected chi connectivity index (χ3v) is 9.22. The summed E-state index contributed by atoms with van der Waals surface area (Å²) >= 11 is 0. The van der Waals surface area contributed by atoms with E-state index in [0.29, 0.717) is 0 Å². The molecule has 0 fully saturated rings. The largest absolute Gasteiger partial charge is 0.309 e. The maximum Gasteiger partial charge on any atom is 0.171 e. The molecule has 32 heavy (non-hydrogen) atoms. The second-order valence-corrected chi connectivity index (χ2v) is 10.7. The lowest BCUT2D eigenvalue weighted by Crippen LogP contribution is -2.25. The molecule has 152 valence electrons. The van der Waals surface area contributed by atoms with Gasteiger partial charge in [0.1, 0.15) is 0 Å². The van der Waals surface area contributed by atoms with Crippen molar-refractivity contribution in [2.45, 2.75) is 0 Å². The quantitative estimate of drug-likeness (QED) is 0.191. The highest BCUT2D eigenvalue weighted by Gasteiger charge is 2.31. The van der Waals surface area contributed by atoms with Crippen molar-refractivity contribution in [2.24, 2.45) is 0 Å². The molecule has 0 aliphatic heterocycles. The Labute approximate surface area is 186 Å². The van der Waals surface area contributed by atoms with Gasteiger partial charge in [-0.15, -0.1) is 0 Å². The van der Waals surface area contributed by atoms with Gasteiger partial charge in [-0.2, -0.15) is 0 Å². The molecule has 0 bridgehead atoms. The Balaban J connectivity index is 1.71. The predicted molar refractivity (Wildman–Crippen MR) is 136 cm³/mol. The van der Waals surface area contributed by atoms with E-state index in [1.165, 1.54) is 0 Å². The van der Waals surface area contributed by atoms with E-state index < -0.39 is 7.14 Å². The lowest BCUT2D eigenvalue weighted by atomic mass is 10.0. The molecule has 0 aliphatic rings. The van der Waals surface area contributed by atoms with Gasteiger partial charge >= 0.3 is 0 Å². The molecular formula is C29H20NOP. The zero-order valence-electron chi connectivity index (χ0n) is 17.3. The number of fused-ring (bicyclic) bond motifs is 4. The van der Waals surface area contributed by atoms with Crippen molar-refractivity contribution in [3.63, 3.8) is 0 Å². The molecule has 0 unspecified atom stereocenters. The van der Waals surface area contributed by atoms with Gasteiger partial charge in [0.25, 0.3) is 0 Å². The second kappa shape index (κ2) is 7.44. The molecule has 2 nitrogen and oxygen atoms in total. The average Bonchev–Trinajstić information content (AvgIpc) is 2.87. The maximum absolute atomic E-state index is 15.0. The van der Waals surface area contributed by atoms with Gasteiger partial charge in [0.15, 0.2) is 7.14 Å². The Morgan fingerprint density at radius 3 is 1.91 bits per heavy atom. The lowest BCUT2D eigenvalue weighted by Gasteiger charge is -2.22. The molecule has 5 aromatic carbocycles. The molecule has 0 saturated carbocycles. The van der Waals surface area contributed by atoms with Gasteiger partial charge in [-0.25, -0.2) is 4.98 Å². The number of rotatable bonds is 3. The summed E-state index contributed by atoms with van der Waals surface area (Å²) < 4.78 is 15.0. The molecule has 6 rings (SSSR count). The number of para-hydroxylation sites is 1. The average molecular weight is 429 g/mol. The number of hydrogen-bond acceptors (Lipinski definition) is 2. The van der Waals surface area contributed by atoms with Crippen LogP contribution in [0.2, 0.25) is 0 Å². The molecule has 0 N–H and O–H groups in total. The Morgan fingerprint density at radius 2 is 1.19 bits per heavy atom. The van der Waals surface area contributed by atoms with Crippen LogP contribution in [0.3, 0.4) is 0 Å². The summed E-state index contributed by atoms with van der Waals surface area (Å²) in [5.41, 5.74) is 1.91. The smallest absolute Gasteiger partial charge is 0.171 e. The normalized spacial score (nSPS) is 11.9. The van der Waals surface area contributed by atoms with Crippen LogP contribution in [-0.2, 0) is 4.57 Å². The molecule has 0 saturated heterocycles. The highest BCUT2D eigenvalue weighted by atomic mass is 31.2. The summed E-state index contributed by atoms with van der Waals surface area (Å²) in [5.74, 6) is 0. The van der Waals surface area contributed by atoms with Gasteiger partial charge in [-0.3, -0.25) is 0 Å². The van der Waals surface area contributed by atoms with Crippen LogP contribution in [0.5, 0.6) is 0 Å². The minimum atomic E-state index is -3.08. The first-order chi connectivity index (χ1) is 15.7. The third-order valence-electron chi connectivity index (χ3n) is 6.10. The topological polar surface area (TPSA) is 30.0 Å². The first-order valence-corrected chi connectivity index (χ1v) is 12.4. The highest BCUT2D eigenvalue weighted by molar-refractivity contribution is 7.85. The van der Waals surface area contributed by atoms with E-state index in [1.54, 1.807) is 0 Å². The van der Waals surface area contributed by atoms with Crippen LogP contribution in [0.15, 0.2) is 121 Å². The van der Waals surface area contributed by atoms with Crippen molar-refractivity contribution >= 4 is 55.6 Å². The van der Waals surface area contributed by atoms with Crippen molar-refractivity contribution in [2.75, 3.05) is 0 Å². The van der Waals surface area contributed by atoms with Gasteiger partial charge in [-0.1, -0.05) is 109 Å². The van der Waals surface area contributed by atoms with E-state index in [-0.39, 0.29) is 0 Å². The first-order valence-electron chi connectivity index (χ1n) is 10.7.